The summed E-state index contributed by atoms with van der Waals surface area (Å²) in [6.45, 7) is 24.4. The zero-order valence-corrected chi connectivity index (χ0v) is 32.1. The third-order valence-electron chi connectivity index (χ3n) is 6.94. The highest BCUT2D eigenvalue weighted by Gasteiger charge is 2.43. The van der Waals surface area contributed by atoms with E-state index >= 15 is 0 Å². The van der Waals surface area contributed by atoms with Crippen LogP contribution >= 0.6 is 0 Å². The van der Waals surface area contributed by atoms with Gasteiger partial charge in [0.05, 0.1) is 12.6 Å². The number of Topliss-reactive ketones (excluding diaryl/α,β-unsaturated/α-hetero) is 1. The predicted molar refractivity (Wildman–Crippen MR) is 191 cm³/mol. The summed E-state index contributed by atoms with van der Waals surface area (Å²) in [5.74, 6) is -1.98. The fourth-order valence-electron chi connectivity index (χ4n) is 4.36. The highest BCUT2D eigenvalue weighted by Crippen LogP contribution is 2.34. The average molecular weight is 684 g/mol. The van der Waals surface area contributed by atoms with Gasteiger partial charge < -0.3 is 31.3 Å². The first-order valence-electron chi connectivity index (χ1n) is 18.2. The number of urea groups is 1. The maximum Gasteiger partial charge on any atom is 0.325 e. The lowest BCUT2D eigenvalue weighted by Crippen LogP contribution is -2.60. The van der Waals surface area contributed by atoms with E-state index in [4.69, 9.17) is 10.5 Å². The van der Waals surface area contributed by atoms with Gasteiger partial charge in [-0.3, -0.25) is 24.0 Å². The van der Waals surface area contributed by atoms with Crippen LogP contribution in [0.1, 0.15) is 134 Å². The fraction of sp³-hybridized carbons (Fsp3) is 0.833. The maximum absolute atomic E-state index is 13.6. The van der Waals surface area contributed by atoms with Gasteiger partial charge >= 0.3 is 12.0 Å². The summed E-state index contributed by atoms with van der Waals surface area (Å²) in [7, 11) is 0. The van der Waals surface area contributed by atoms with Crippen molar-refractivity contribution >= 4 is 35.5 Å². The molecule has 48 heavy (non-hydrogen) atoms. The molecule has 1 aliphatic heterocycles. The zero-order chi connectivity index (χ0) is 37.6. The normalized spacial score (nSPS) is 17.5. The minimum absolute atomic E-state index is 0.258. The molecule has 0 aromatic carbocycles. The quantitative estimate of drug-likeness (QED) is 0.163. The molecule has 0 spiro atoms. The molecule has 5 amide bonds. The summed E-state index contributed by atoms with van der Waals surface area (Å²) in [6.07, 6.45) is 6.45. The van der Waals surface area contributed by atoms with E-state index in [0.717, 1.165) is 31.6 Å². The lowest BCUT2D eigenvalue weighted by molar-refractivity contribution is -0.143. The Morgan fingerprint density at radius 3 is 1.79 bits per heavy atom. The van der Waals surface area contributed by atoms with E-state index < -0.39 is 59.0 Å². The number of likely N-dealkylation sites (tertiary alicyclic amines) is 1. The highest BCUT2D eigenvalue weighted by molar-refractivity contribution is 6.37. The Bertz CT molecular complexity index is 985. The fourth-order valence-corrected chi connectivity index (χ4v) is 4.36. The van der Waals surface area contributed by atoms with Crippen LogP contribution in [0.5, 0.6) is 0 Å². The van der Waals surface area contributed by atoms with Crippen molar-refractivity contribution in [3.05, 3.63) is 0 Å². The van der Waals surface area contributed by atoms with E-state index in [2.05, 4.69) is 50.6 Å². The summed E-state index contributed by atoms with van der Waals surface area (Å²) >= 11 is 0. The van der Waals surface area contributed by atoms with Gasteiger partial charge in [0, 0.05) is 6.54 Å². The van der Waals surface area contributed by atoms with Crippen molar-refractivity contribution in [2.75, 3.05) is 19.7 Å². The molecule has 12 nitrogen and oxygen atoms in total. The topological polar surface area (TPSA) is 177 Å². The van der Waals surface area contributed by atoms with Crippen LogP contribution in [0, 0.1) is 23.2 Å². The third kappa shape index (κ3) is 20.2. The molecular weight excluding hydrogens is 614 g/mol. The number of amides is 5. The van der Waals surface area contributed by atoms with Gasteiger partial charge in [-0.05, 0) is 55.3 Å². The number of ketones is 1. The SMILES string of the molecule is CC.CC.CC(C)(C)C(NC(=O)NCC(=O)OCC1CC1)C(=O)N1CCCC1C(=O)NC(CC1CC1)C(=O)C(N)=O.CC(C)C.CCC. The number of nitrogens with zero attached hydrogens (tertiary/aromatic N) is 1. The molecule has 0 radical (unpaired) electrons. The Labute approximate surface area is 290 Å². The number of hydrogen-bond donors (Lipinski definition) is 4. The van der Waals surface area contributed by atoms with Crippen LogP contribution in [0.2, 0.25) is 0 Å². The summed E-state index contributed by atoms with van der Waals surface area (Å²) in [4.78, 5) is 76.2. The van der Waals surface area contributed by atoms with Crippen LogP contribution in [0.15, 0.2) is 0 Å². The Hall–Kier alpha value is -3.18. The van der Waals surface area contributed by atoms with Crippen molar-refractivity contribution in [3.63, 3.8) is 0 Å². The first kappa shape index (κ1) is 46.9. The van der Waals surface area contributed by atoms with Crippen molar-refractivity contribution in [1.82, 2.24) is 20.9 Å². The number of primary amides is 1. The van der Waals surface area contributed by atoms with Crippen LogP contribution in [0.25, 0.3) is 0 Å². The molecule has 3 fully saturated rings. The molecule has 2 aliphatic carbocycles. The minimum Gasteiger partial charge on any atom is -0.464 e. The minimum atomic E-state index is -1.11. The van der Waals surface area contributed by atoms with Gasteiger partial charge in [-0.1, -0.05) is 102 Å². The van der Waals surface area contributed by atoms with Crippen LogP contribution in [0.4, 0.5) is 4.79 Å². The number of nitrogens with two attached hydrogens (primary N) is 1. The smallest absolute Gasteiger partial charge is 0.325 e. The van der Waals surface area contributed by atoms with E-state index in [0.29, 0.717) is 38.3 Å². The summed E-state index contributed by atoms with van der Waals surface area (Å²) in [5, 5.41) is 7.70. The highest BCUT2D eigenvalue weighted by atomic mass is 16.5. The first-order valence-corrected chi connectivity index (χ1v) is 18.2. The van der Waals surface area contributed by atoms with E-state index in [-0.39, 0.29) is 12.5 Å². The predicted octanol–water partition coefficient (Wildman–Crippen LogP) is 5.11. The molecule has 0 aromatic rings. The Balaban J connectivity index is 0. The second-order valence-electron chi connectivity index (χ2n) is 13.9. The molecule has 2 saturated carbocycles. The number of esters is 1. The zero-order valence-electron chi connectivity index (χ0n) is 32.1. The van der Waals surface area contributed by atoms with Gasteiger partial charge in [-0.2, -0.15) is 0 Å². The molecule has 0 aromatic heterocycles. The van der Waals surface area contributed by atoms with Crippen molar-refractivity contribution in [2.24, 2.45) is 28.9 Å². The molecule has 1 saturated heterocycles. The van der Waals surface area contributed by atoms with Gasteiger partial charge in [0.1, 0.15) is 18.6 Å². The Morgan fingerprint density at radius 1 is 0.854 bits per heavy atom. The van der Waals surface area contributed by atoms with Gasteiger partial charge in [-0.25, -0.2) is 4.79 Å². The number of carbonyl (C=O) groups is 6. The average Bonchev–Trinajstić information content (AvgIpc) is 3.96. The maximum atomic E-state index is 13.6. The number of hydrogen-bond acceptors (Lipinski definition) is 7. The van der Waals surface area contributed by atoms with Crippen LogP contribution in [-0.2, 0) is 28.7 Å². The van der Waals surface area contributed by atoms with Crippen LogP contribution in [-0.4, -0.2) is 78.2 Å². The number of nitrogens with one attached hydrogen (secondary N) is 3. The second kappa shape index (κ2) is 24.9. The summed E-state index contributed by atoms with van der Waals surface area (Å²) in [5.41, 5.74) is 4.46. The van der Waals surface area contributed by atoms with Crippen LogP contribution < -0.4 is 21.7 Å². The lowest BCUT2D eigenvalue weighted by Gasteiger charge is -2.35. The molecule has 3 unspecified atom stereocenters. The number of rotatable bonds is 12. The van der Waals surface area contributed by atoms with E-state index in [1.54, 1.807) is 20.8 Å². The summed E-state index contributed by atoms with van der Waals surface area (Å²) < 4.78 is 5.09. The monoisotopic (exact) mass is 684 g/mol. The molecule has 5 N–H and O–H groups in total. The van der Waals surface area contributed by atoms with Crippen molar-refractivity contribution in [3.8, 4) is 0 Å². The van der Waals surface area contributed by atoms with E-state index in [1.807, 2.05) is 27.7 Å². The van der Waals surface area contributed by atoms with Gasteiger partial charge in [-0.15, -0.1) is 0 Å². The summed E-state index contributed by atoms with van der Waals surface area (Å²) in [6, 6.07) is -3.55. The molecule has 1 heterocycles. The van der Waals surface area contributed by atoms with Crippen LogP contribution in [0.3, 0.4) is 0 Å². The first-order chi connectivity index (χ1) is 22.5. The molecule has 3 aliphatic rings. The molecule has 280 valence electrons. The largest absolute Gasteiger partial charge is 0.464 e. The van der Waals surface area contributed by atoms with Crippen molar-refractivity contribution < 1.29 is 33.5 Å². The molecule has 12 heteroatoms. The molecule has 0 bridgehead atoms. The van der Waals surface area contributed by atoms with Crippen molar-refractivity contribution in [2.45, 2.75) is 153 Å². The third-order valence-corrected chi connectivity index (χ3v) is 6.94. The van der Waals surface area contributed by atoms with Gasteiger partial charge in [0.2, 0.25) is 17.6 Å². The van der Waals surface area contributed by atoms with Crippen molar-refractivity contribution in [1.29, 1.82) is 0 Å². The lowest BCUT2D eigenvalue weighted by atomic mass is 9.85. The van der Waals surface area contributed by atoms with Gasteiger partial charge in [0.15, 0.2) is 0 Å². The van der Waals surface area contributed by atoms with Gasteiger partial charge in [0.25, 0.3) is 5.91 Å². The Kier molecular flexibility index (Phi) is 24.3. The van der Waals surface area contributed by atoms with E-state index in [9.17, 15) is 28.8 Å². The Morgan fingerprint density at radius 2 is 1.35 bits per heavy atom. The number of carbonyl (C=O) groups excluding carboxylic acids is 6. The van der Waals surface area contributed by atoms with E-state index in [1.165, 1.54) is 11.3 Å². The molecule has 3 atom stereocenters. The standard InChI is InChI=1S/C25H39N5O7.C4H10.C3H8.2C2H6/c1-25(2,3)20(29-24(36)27-12-18(31)37-13-15-8-9-15)23(35)30-10-4-5-17(30)22(34)28-16(11-14-6-7-14)19(32)21(26)33;1-4(2)3;1-3-2;2*1-2/h14-17,20H,4-13H2,1-3H3,(H2,26,33)(H,28,34)(H2,27,29,36);4H,1-3H3;3H2,1-2H3;2*1-2H3. The number of ether oxygens (including phenoxy) is 1. The molecular formula is C36H69N5O7. The second-order valence-corrected chi connectivity index (χ2v) is 13.9. The molecule has 3 rings (SSSR count).